The van der Waals surface area contributed by atoms with E-state index in [1.807, 2.05) is 0 Å². The zero-order chi connectivity index (χ0) is 27.4. The zero-order valence-corrected chi connectivity index (χ0v) is 23.6. The lowest BCUT2D eigenvalue weighted by Gasteiger charge is -2.39. The number of carbonyl (C=O) groups is 2. The van der Waals surface area contributed by atoms with Crippen LogP contribution in [-0.4, -0.2) is 91.9 Å². The van der Waals surface area contributed by atoms with E-state index < -0.39 is 5.97 Å². The molecule has 1 aromatic rings. The molecule has 10 heteroatoms. The molecule has 3 aliphatic heterocycles. The van der Waals surface area contributed by atoms with Crippen molar-refractivity contribution in [2.24, 2.45) is 11.8 Å². The van der Waals surface area contributed by atoms with Gasteiger partial charge in [-0.15, -0.1) is 0 Å². The Morgan fingerprint density at radius 2 is 1.89 bits per heavy atom. The lowest BCUT2D eigenvalue weighted by atomic mass is 9.78. The number of hydrogen-bond acceptors (Lipinski definition) is 7. The average Bonchev–Trinajstić information content (AvgIpc) is 3.09. The van der Waals surface area contributed by atoms with E-state index in [0.717, 1.165) is 51.6 Å². The van der Waals surface area contributed by atoms with E-state index in [-0.39, 0.29) is 24.0 Å². The van der Waals surface area contributed by atoms with E-state index >= 15 is 0 Å². The van der Waals surface area contributed by atoms with Gasteiger partial charge in [0.05, 0.1) is 41.4 Å². The maximum Gasteiger partial charge on any atom is 0.306 e. The summed E-state index contributed by atoms with van der Waals surface area (Å²) in [6.07, 6.45) is 7.68. The number of benzene rings is 1. The first-order chi connectivity index (χ1) is 18.2. The number of piperidine rings is 2. The highest BCUT2D eigenvalue weighted by molar-refractivity contribution is 6.33. The Labute approximate surface area is 230 Å². The molecule has 0 aliphatic carbocycles. The molecule has 3 saturated heterocycles. The largest absolute Gasteiger partial charge is 0.496 e. The van der Waals surface area contributed by atoms with Gasteiger partial charge in [-0.3, -0.25) is 9.59 Å². The Morgan fingerprint density at radius 1 is 1.18 bits per heavy atom. The molecule has 3 heterocycles. The van der Waals surface area contributed by atoms with Gasteiger partial charge in [-0.1, -0.05) is 18.0 Å². The lowest BCUT2D eigenvalue weighted by Crippen LogP contribution is -2.54. The fourth-order valence-electron chi connectivity index (χ4n) is 6.79. The van der Waals surface area contributed by atoms with Crippen LogP contribution in [0.4, 0.5) is 5.69 Å². The van der Waals surface area contributed by atoms with E-state index in [0.29, 0.717) is 46.6 Å². The number of hydrogen-bond donors (Lipinski definition) is 3. The van der Waals surface area contributed by atoms with E-state index in [2.05, 4.69) is 22.2 Å². The minimum atomic E-state index is -0.631. The molecule has 1 aromatic carbocycles. The van der Waals surface area contributed by atoms with E-state index in [1.54, 1.807) is 13.2 Å². The molecule has 4 rings (SSSR count). The second-order valence-corrected chi connectivity index (χ2v) is 11.6. The summed E-state index contributed by atoms with van der Waals surface area (Å²) < 4.78 is 11.1. The first kappa shape index (κ1) is 28.9. The molecule has 1 amide bonds. The van der Waals surface area contributed by atoms with Crippen LogP contribution in [0.2, 0.25) is 5.02 Å². The van der Waals surface area contributed by atoms with Crippen LogP contribution < -0.4 is 15.8 Å². The van der Waals surface area contributed by atoms with Crippen molar-refractivity contribution < 1.29 is 24.2 Å². The number of halogens is 1. The quantitative estimate of drug-likeness (QED) is 0.283. The summed E-state index contributed by atoms with van der Waals surface area (Å²) in [5, 5.41) is 13.3. The predicted octanol–water partition coefficient (Wildman–Crippen LogP) is 3.49. The molecule has 0 spiro atoms. The van der Waals surface area contributed by atoms with Crippen LogP contribution in [0, 0.1) is 11.8 Å². The third-order valence-corrected chi connectivity index (χ3v) is 9.41. The highest BCUT2D eigenvalue weighted by Crippen LogP contribution is 2.41. The normalized spacial score (nSPS) is 28.7. The number of carboxylic acids is 1. The van der Waals surface area contributed by atoms with Crippen molar-refractivity contribution in [1.82, 2.24) is 15.1 Å². The highest BCUT2D eigenvalue weighted by atomic mass is 35.5. The van der Waals surface area contributed by atoms with Crippen molar-refractivity contribution in [2.75, 3.05) is 46.6 Å². The number of likely N-dealkylation sites (tertiary alicyclic amines) is 1. The van der Waals surface area contributed by atoms with Crippen molar-refractivity contribution in [2.45, 2.75) is 75.6 Å². The van der Waals surface area contributed by atoms with Gasteiger partial charge in [-0.05, 0) is 70.5 Å². The summed E-state index contributed by atoms with van der Waals surface area (Å²) in [6, 6.07) is 4.07. The van der Waals surface area contributed by atoms with Gasteiger partial charge in [0.15, 0.2) is 0 Å². The maximum atomic E-state index is 13.0. The molecule has 3 fully saturated rings. The summed E-state index contributed by atoms with van der Waals surface area (Å²) in [5.74, 6) is -0.463. The smallest absolute Gasteiger partial charge is 0.306 e. The molecule has 5 atom stereocenters. The predicted molar refractivity (Wildman–Crippen MR) is 148 cm³/mol. The lowest BCUT2D eigenvalue weighted by molar-refractivity contribution is -0.145. The average molecular weight is 551 g/mol. The molecule has 0 saturated carbocycles. The third kappa shape index (κ3) is 6.55. The maximum absolute atomic E-state index is 13.0. The van der Waals surface area contributed by atoms with Crippen LogP contribution in [0.25, 0.3) is 0 Å². The molecular weight excluding hydrogens is 508 g/mol. The number of ether oxygens (including phenoxy) is 2. The van der Waals surface area contributed by atoms with E-state index in [4.69, 9.17) is 26.8 Å². The van der Waals surface area contributed by atoms with Gasteiger partial charge in [0, 0.05) is 38.3 Å². The van der Waals surface area contributed by atoms with Crippen LogP contribution in [0.15, 0.2) is 12.1 Å². The number of unbranched alkanes of at least 4 members (excludes halogenated alkanes) is 1. The van der Waals surface area contributed by atoms with Crippen molar-refractivity contribution in [3.8, 4) is 5.75 Å². The molecular formula is C28H43ClN4O5. The molecule has 3 unspecified atom stereocenters. The van der Waals surface area contributed by atoms with Crippen molar-refractivity contribution >= 4 is 29.2 Å². The van der Waals surface area contributed by atoms with Gasteiger partial charge in [-0.25, -0.2) is 0 Å². The number of rotatable bonds is 11. The van der Waals surface area contributed by atoms with Crippen LogP contribution in [-0.2, 0) is 9.53 Å². The number of nitrogens with two attached hydrogens (primary N) is 1. The summed E-state index contributed by atoms with van der Waals surface area (Å²) in [7, 11) is 5.35. The number of nitrogen functional groups attached to an aromatic ring is 1. The second-order valence-electron chi connectivity index (χ2n) is 11.2. The van der Waals surface area contributed by atoms with Gasteiger partial charge in [0.2, 0.25) is 0 Å². The number of methoxy groups -OCH3 is 2. The number of carboxylic acid groups (broad SMARTS) is 1. The van der Waals surface area contributed by atoms with Crippen molar-refractivity contribution in [3.05, 3.63) is 22.7 Å². The number of nitrogens with zero attached hydrogens (tertiary/aromatic N) is 2. The van der Waals surface area contributed by atoms with Gasteiger partial charge in [0.25, 0.3) is 5.91 Å². The van der Waals surface area contributed by atoms with Crippen molar-refractivity contribution in [1.29, 1.82) is 0 Å². The van der Waals surface area contributed by atoms with Gasteiger partial charge < -0.3 is 35.4 Å². The SMILES string of the molecule is COc1cc(N)c(Cl)cc1C(=O)N[C@@H]1CCN(CCCCC(C(=O)O)C2CC3CCC(C2)N3C)C[C@@H]1OC. The molecule has 2 bridgehead atoms. The van der Waals surface area contributed by atoms with Crippen LogP contribution in [0.5, 0.6) is 5.75 Å². The van der Waals surface area contributed by atoms with Gasteiger partial charge in [-0.2, -0.15) is 0 Å². The number of anilines is 1. The Hall–Kier alpha value is -2.07. The molecule has 0 aromatic heterocycles. The summed E-state index contributed by atoms with van der Waals surface area (Å²) in [5.41, 5.74) is 6.55. The minimum absolute atomic E-state index is 0.138. The summed E-state index contributed by atoms with van der Waals surface area (Å²) in [4.78, 5) is 29.9. The molecule has 3 aliphatic rings. The number of amides is 1. The van der Waals surface area contributed by atoms with Gasteiger partial charge in [0.1, 0.15) is 5.75 Å². The fraction of sp³-hybridized carbons (Fsp3) is 0.714. The standard InChI is InChI=1S/C28H43ClN4O5/c1-32-18-7-8-19(32)13-17(12-18)20(28(35)36)6-4-5-10-33-11-9-24(26(16-33)38-3)31-27(34)21-14-22(29)23(30)15-25(21)37-2/h14-15,17-20,24,26H,4-13,16,30H2,1-3H3,(H,31,34)(H,35,36)/t17?,18?,19?,20?,24-,26+/m1/s1. The Balaban J connectivity index is 1.24. The highest BCUT2D eigenvalue weighted by Gasteiger charge is 2.42. The number of fused-ring (bicyclic) bond motifs is 2. The van der Waals surface area contributed by atoms with Crippen LogP contribution in [0.3, 0.4) is 0 Å². The second kappa shape index (κ2) is 12.9. The summed E-state index contributed by atoms with van der Waals surface area (Å²) >= 11 is 6.14. The minimum Gasteiger partial charge on any atom is -0.496 e. The van der Waals surface area contributed by atoms with Crippen LogP contribution in [0.1, 0.15) is 61.7 Å². The Bertz CT molecular complexity index is 980. The van der Waals surface area contributed by atoms with Crippen LogP contribution >= 0.6 is 11.6 Å². The Kier molecular flexibility index (Phi) is 9.79. The molecule has 38 heavy (non-hydrogen) atoms. The monoisotopic (exact) mass is 550 g/mol. The number of nitrogens with one attached hydrogen (secondary N) is 1. The van der Waals surface area contributed by atoms with E-state index in [9.17, 15) is 14.7 Å². The summed E-state index contributed by atoms with van der Waals surface area (Å²) in [6.45, 7) is 2.44. The van der Waals surface area contributed by atoms with Crippen molar-refractivity contribution in [3.63, 3.8) is 0 Å². The molecule has 9 nitrogen and oxygen atoms in total. The molecule has 4 N–H and O–H groups in total. The number of aliphatic carboxylic acids is 1. The molecule has 212 valence electrons. The first-order valence-corrected chi connectivity index (χ1v) is 14.2. The zero-order valence-electron chi connectivity index (χ0n) is 22.8. The Morgan fingerprint density at radius 3 is 2.53 bits per heavy atom. The molecule has 0 radical (unpaired) electrons. The third-order valence-electron chi connectivity index (χ3n) is 9.09. The fourth-order valence-corrected chi connectivity index (χ4v) is 6.96. The topological polar surface area (TPSA) is 117 Å². The number of carbonyl (C=O) groups excluding carboxylic acids is 1. The first-order valence-electron chi connectivity index (χ1n) is 13.9. The van der Waals surface area contributed by atoms with Gasteiger partial charge >= 0.3 is 5.97 Å². The van der Waals surface area contributed by atoms with E-state index in [1.165, 1.54) is 26.0 Å².